The lowest BCUT2D eigenvalue weighted by molar-refractivity contribution is -0.114. The monoisotopic (exact) mass is 411 g/mol. The minimum Gasteiger partial charge on any atom is -0.378 e. The molecule has 0 radical (unpaired) electrons. The molecule has 0 spiro atoms. The highest BCUT2D eigenvalue weighted by atomic mass is 16.1. The van der Waals surface area contributed by atoms with E-state index >= 15 is 0 Å². The van der Waals surface area contributed by atoms with Crippen molar-refractivity contribution < 1.29 is 4.79 Å². The van der Waals surface area contributed by atoms with Crippen molar-refractivity contribution in [2.24, 2.45) is 4.99 Å². The third-order valence-corrected chi connectivity index (χ3v) is 5.09. The van der Waals surface area contributed by atoms with Gasteiger partial charge in [0, 0.05) is 36.7 Å². The molecule has 0 saturated heterocycles. The summed E-state index contributed by atoms with van der Waals surface area (Å²) in [5.74, 6) is 0.375. The summed E-state index contributed by atoms with van der Waals surface area (Å²) in [7, 11) is 4.03. The van der Waals surface area contributed by atoms with Crippen LogP contribution in [0.25, 0.3) is 6.08 Å². The molecule has 0 heterocycles. The van der Waals surface area contributed by atoms with Gasteiger partial charge in [0.15, 0.2) is 0 Å². The van der Waals surface area contributed by atoms with Crippen LogP contribution in [-0.2, 0) is 4.79 Å². The van der Waals surface area contributed by atoms with E-state index < -0.39 is 0 Å². The lowest BCUT2D eigenvalue weighted by Crippen LogP contribution is -2.24. The van der Waals surface area contributed by atoms with Gasteiger partial charge in [0.2, 0.25) is 0 Å². The first kappa shape index (κ1) is 22.0. The Balaban J connectivity index is 1.91. The Morgan fingerprint density at radius 1 is 0.806 bits per heavy atom. The highest BCUT2D eigenvalue weighted by Crippen LogP contribution is 2.26. The van der Waals surface area contributed by atoms with Crippen LogP contribution in [0, 0.1) is 6.92 Å². The van der Waals surface area contributed by atoms with Gasteiger partial charge in [-0.1, -0.05) is 42.5 Å². The molecule has 158 valence electrons. The van der Waals surface area contributed by atoms with E-state index in [1.807, 2.05) is 106 Å². The molecule has 0 saturated carbocycles. The average Bonchev–Trinajstić information content (AvgIpc) is 2.76. The maximum absolute atomic E-state index is 12.9. The molecule has 0 N–H and O–H groups in total. The predicted octanol–water partition coefficient (Wildman–Crippen LogP) is 6.25. The molecule has 3 aromatic carbocycles. The minimum atomic E-state index is -0.245. The first-order valence-electron chi connectivity index (χ1n) is 10.3. The van der Waals surface area contributed by atoms with Gasteiger partial charge in [-0.05, 0) is 74.4 Å². The van der Waals surface area contributed by atoms with Crippen molar-refractivity contribution in [1.82, 2.24) is 0 Å². The topological polar surface area (TPSA) is 35.9 Å². The fourth-order valence-corrected chi connectivity index (χ4v) is 3.36. The SMILES string of the molecule is CC(=NC(=O)/C(C)=C\c1ccc(N(C)C)cc1C)N(c1ccccc1)c1ccccc1. The second-order valence-electron chi connectivity index (χ2n) is 7.73. The molecule has 31 heavy (non-hydrogen) atoms. The van der Waals surface area contributed by atoms with Crippen molar-refractivity contribution in [2.45, 2.75) is 20.8 Å². The van der Waals surface area contributed by atoms with E-state index in [1.165, 1.54) is 0 Å². The Bertz CT molecular complexity index is 1060. The van der Waals surface area contributed by atoms with Crippen LogP contribution in [-0.4, -0.2) is 25.8 Å². The van der Waals surface area contributed by atoms with E-state index in [1.54, 1.807) is 0 Å². The first-order valence-corrected chi connectivity index (χ1v) is 10.3. The molecule has 0 atom stereocenters. The molecule has 3 rings (SSSR count). The molecule has 0 fully saturated rings. The summed E-state index contributed by atoms with van der Waals surface area (Å²) < 4.78 is 0. The van der Waals surface area contributed by atoms with Crippen molar-refractivity contribution in [3.63, 3.8) is 0 Å². The van der Waals surface area contributed by atoms with Crippen LogP contribution < -0.4 is 9.80 Å². The summed E-state index contributed by atoms with van der Waals surface area (Å²) in [6, 6.07) is 26.1. The maximum Gasteiger partial charge on any atom is 0.274 e. The number of hydrogen-bond acceptors (Lipinski definition) is 2. The fourth-order valence-electron chi connectivity index (χ4n) is 3.36. The standard InChI is InChI=1S/C27H29N3O/c1-20-19-26(29(4)5)17-16-23(20)18-21(2)27(31)28-22(3)30(24-12-8-6-9-13-24)25-14-10-7-11-15-25/h6-19H,1-5H3/b21-18-,28-22?. The zero-order chi connectivity index (χ0) is 22.4. The van der Waals surface area contributed by atoms with Gasteiger partial charge >= 0.3 is 0 Å². The number of amidine groups is 1. The quantitative estimate of drug-likeness (QED) is 0.283. The van der Waals surface area contributed by atoms with E-state index in [0.29, 0.717) is 11.4 Å². The lowest BCUT2D eigenvalue weighted by Gasteiger charge is -2.24. The summed E-state index contributed by atoms with van der Waals surface area (Å²) >= 11 is 0. The summed E-state index contributed by atoms with van der Waals surface area (Å²) in [6.07, 6.45) is 1.91. The Labute approximate surface area is 185 Å². The fraction of sp³-hybridized carbons (Fsp3) is 0.185. The van der Waals surface area contributed by atoms with Crippen LogP contribution in [0.3, 0.4) is 0 Å². The van der Waals surface area contributed by atoms with Crippen LogP contribution >= 0.6 is 0 Å². The second kappa shape index (κ2) is 9.90. The van der Waals surface area contributed by atoms with E-state index in [0.717, 1.165) is 28.2 Å². The number of rotatable bonds is 5. The van der Waals surface area contributed by atoms with Crippen molar-refractivity contribution in [2.75, 3.05) is 23.9 Å². The van der Waals surface area contributed by atoms with Gasteiger partial charge in [-0.15, -0.1) is 0 Å². The number of hydrogen-bond donors (Lipinski definition) is 0. The lowest BCUT2D eigenvalue weighted by atomic mass is 10.0. The van der Waals surface area contributed by atoms with Gasteiger partial charge in [-0.2, -0.15) is 4.99 Å². The van der Waals surface area contributed by atoms with Crippen LogP contribution in [0.4, 0.5) is 17.1 Å². The average molecular weight is 412 g/mol. The first-order chi connectivity index (χ1) is 14.9. The van der Waals surface area contributed by atoms with Gasteiger partial charge in [0.1, 0.15) is 5.84 Å². The zero-order valence-electron chi connectivity index (χ0n) is 18.8. The molecule has 0 aliphatic rings. The zero-order valence-corrected chi connectivity index (χ0v) is 18.8. The maximum atomic E-state index is 12.9. The van der Waals surface area contributed by atoms with E-state index in [9.17, 15) is 4.79 Å². The Morgan fingerprint density at radius 2 is 1.35 bits per heavy atom. The number of nitrogens with zero attached hydrogens (tertiary/aromatic N) is 3. The molecular weight excluding hydrogens is 382 g/mol. The second-order valence-corrected chi connectivity index (χ2v) is 7.73. The van der Waals surface area contributed by atoms with Crippen molar-refractivity contribution in [3.8, 4) is 0 Å². The van der Waals surface area contributed by atoms with Gasteiger partial charge in [0.25, 0.3) is 5.91 Å². The number of anilines is 3. The number of aryl methyl sites for hydroxylation is 1. The van der Waals surface area contributed by atoms with Crippen LogP contribution in [0.5, 0.6) is 0 Å². The number of carbonyl (C=O) groups excluding carboxylic acids is 1. The molecule has 0 aromatic heterocycles. The summed E-state index contributed by atoms with van der Waals surface area (Å²) in [6.45, 7) is 5.73. The third kappa shape index (κ3) is 5.48. The van der Waals surface area contributed by atoms with E-state index in [2.05, 4.69) is 28.9 Å². The van der Waals surface area contributed by atoms with Crippen molar-refractivity contribution in [3.05, 3.63) is 95.6 Å². The van der Waals surface area contributed by atoms with Gasteiger partial charge in [-0.3, -0.25) is 9.69 Å². The summed E-state index contributed by atoms with van der Waals surface area (Å²) in [5, 5.41) is 0. The highest BCUT2D eigenvalue weighted by Gasteiger charge is 2.14. The van der Waals surface area contributed by atoms with Crippen LogP contribution in [0.1, 0.15) is 25.0 Å². The summed E-state index contributed by atoms with van der Waals surface area (Å²) in [4.78, 5) is 21.4. The number of aliphatic imine (C=N–C) groups is 1. The molecule has 4 nitrogen and oxygen atoms in total. The normalized spacial score (nSPS) is 11.9. The minimum absolute atomic E-state index is 0.245. The van der Waals surface area contributed by atoms with E-state index in [-0.39, 0.29) is 5.91 Å². The molecule has 1 amide bonds. The largest absolute Gasteiger partial charge is 0.378 e. The molecule has 0 aliphatic carbocycles. The van der Waals surface area contributed by atoms with Gasteiger partial charge < -0.3 is 4.90 Å². The Morgan fingerprint density at radius 3 is 1.84 bits per heavy atom. The molecule has 0 bridgehead atoms. The Kier molecular flexibility index (Phi) is 7.03. The van der Waals surface area contributed by atoms with Gasteiger partial charge in [-0.25, -0.2) is 0 Å². The smallest absolute Gasteiger partial charge is 0.274 e. The number of benzene rings is 3. The molecule has 0 aliphatic heterocycles. The number of carbonyl (C=O) groups is 1. The predicted molar refractivity (Wildman–Crippen MR) is 132 cm³/mol. The van der Waals surface area contributed by atoms with Crippen LogP contribution in [0.2, 0.25) is 0 Å². The van der Waals surface area contributed by atoms with Crippen molar-refractivity contribution >= 4 is 34.9 Å². The molecule has 4 heteroatoms. The molecule has 3 aromatic rings. The van der Waals surface area contributed by atoms with Crippen LogP contribution in [0.15, 0.2) is 89.4 Å². The summed E-state index contributed by atoms with van der Waals surface area (Å²) in [5.41, 5.74) is 5.79. The third-order valence-electron chi connectivity index (χ3n) is 5.09. The van der Waals surface area contributed by atoms with E-state index in [4.69, 9.17) is 0 Å². The molecule has 0 unspecified atom stereocenters. The number of amides is 1. The Hall–Kier alpha value is -3.66. The highest BCUT2D eigenvalue weighted by molar-refractivity contribution is 6.11. The van der Waals surface area contributed by atoms with Crippen molar-refractivity contribution in [1.29, 1.82) is 0 Å². The van der Waals surface area contributed by atoms with Gasteiger partial charge in [0.05, 0.1) is 0 Å². The number of para-hydroxylation sites is 2. The molecular formula is C27H29N3O.